The first-order chi connectivity index (χ1) is 19.4. The third-order valence-corrected chi connectivity index (χ3v) is 8.94. The van der Waals surface area contributed by atoms with Crippen molar-refractivity contribution in [1.82, 2.24) is 0 Å². The van der Waals surface area contributed by atoms with E-state index in [0.29, 0.717) is 22.3 Å². The van der Waals surface area contributed by atoms with Crippen LogP contribution in [0.3, 0.4) is 0 Å². The molecule has 0 bridgehead atoms. The van der Waals surface area contributed by atoms with Gasteiger partial charge in [-0.25, -0.2) is 0 Å². The Morgan fingerprint density at radius 3 is 1.05 bits per heavy atom. The number of carbonyl (C=O) groups is 2. The highest BCUT2D eigenvalue weighted by atomic mass is 31.2. The normalized spacial score (nSPS) is 14.4. The summed E-state index contributed by atoms with van der Waals surface area (Å²) in [4.78, 5) is 52.3. The predicted octanol–water partition coefficient (Wildman–Crippen LogP) is 7.65. The Morgan fingerprint density at radius 1 is 0.591 bits per heavy atom. The van der Waals surface area contributed by atoms with Crippen molar-refractivity contribution in [3.05, 3.63) is 57.6 Å². The summed E-state index contributed by atoms with van der Waals surface area (Å²) < 4.78 is 28.0. The third-order valence-electron chi connectivity index (χ3n) is 6.77. The van der Waals surface area contributed by atoms with Crippen molar-refractivity contribution in [2.45, 2.75) is 112 Å². The molecule has 0 heterocycles. The minimum Gasteiger partial charge on any atom is -0.507 e. The van der Waals surface area contributed by atoms with Crippen LogP contribution in [0.25, 0.3) is 0 Å². The van der Waals surface area contributed by atoms with Gasteiger partial charge in [0.05, 0.1) is 6.61 Å². The number of benzene rings is 2. The quantitative estimate of drug-likeness (QED) is 0.194. The lowest BCUT2D eigenvalue weighted by atomic mass is 9.78. The van der Waals surface area contributed by atoms with E-state index in [1.54, 1.807) is 6.92 Å². The second-order valence-electron chi connectivity index (χ2n) is 14.9. The molecule has 248 valence electrons. The topological polar surface area (TPSA) is 179 Å². The maximum atomic E-state index is 12.4. The van der Waals surface area contributed by atoms with Crippen LogP contribution in [0.2, 0.25) is 0 Å². The minimum absolute atomic E-state index is 0.0319. The van der Waals surface area contributed by atoms with E-state index in [1.807, 2.05) is 83.1 Å². The predicted molar refractivity (Wildman–Crippen MR) is 173 cm³/mol. The van der Waals surface area contributed by atoms with Gasteiger partial charge in [-0.1, -0.05) is 83.1 Å². The Kier molecular flexibility index (Phi) is 11.9. The number of phenols is 2. The van der Waals surface area contributed by atoms with E-state index in [4.69, 9.17) is 14.3 Å². The summed E-state index contributed by atoms with van der Waals surface area (Å²) in [5.41, 5.74) is -1.84. The fourth-order valence-corrected chi connectivity index (χ4v) is 5.76. The van der Waals surface area contributed by atoms with Crippen molar-refractivity contribution in [1.29, 1.82) is 0 Å². The molecular formula is C32H50O10P2. The molecule has 2 aromatic carbocycles. The van der Waals surface area contributed by atoms with Crippen LogP contribution < -0.4 is 0 Å². The highest BCUT2D eigenvalue weighted by molar-refractivity contribution is 7.71. The van der Waals surface area contributed by atoms with Crippen molar-refractivity contribution >= 4 is 26.2 Å². The Hall–Kier alpha value is -2.32. The molecule has 0 amide bonds. The van der Waals surface area contributed by atoms with E-state index in [1.165, 1.54) is 24.3 Å². The average Bonchev–Trinajstić information content (AvgIpc) is 2.80. The maximum Gasteiger partial charge on any atom is 0.399 e. The molecule has 5 N–H and O–H groups in total. The highest BCUT2D eigenvalue weighted by Crippen LogP contribution is 2.48. The Labute approximate surface area is 261 Å². The van der Waals surface area contributed by atoms with Gasteiger partial charge in [-0.2, -0.15) is 0 Å². The number of hydrogen-bond acceptors (Lipinski definition) is 7. The van der Waals surface area contributed by atoms with Gasteiger partial charge in [-0.3, -0.25) is 18.7 Å². The van der Waals surface area contributed by atoms with Gasteiger partial charge in [-0.05, 0) is 52.8 Å². The van der Waals surface area contributed by atoms with Crippen LogP contribution in [0.5, 0.6) is 11.5 Å². The first kappa shape index (κ1) is 39.7. The molecule has 2 aromatic rings. The van der Waals surface area contributed by atoms with Crippen LogP contribution in [-0.2, 0) is 35.3 Å². The molecule has 2 rings (SSSR count). The first-order valence-corrected chi connectivity index (χ1v) is 17.4. The Morgan fingerprint density at radius 2 is 0.841 bits per heavy atom. The fraction of sp³-hybridized carbons (Fsp3) is 0.562. The number of phenolic OH excluding ortho intramolecular Hbond substituents is 2. The molecule has 44 heavy (non-hydrogen) atoms. The van der Waals surface area contributed by atoms with E-state index < -0.39 is 47.9 Å². The molecule has 10 nitrogen and oxygen atoms in total. The zero-order valence-corrected chi connectivity index (χ0v) is 30.0. The van der Waals surface area contributed by atoms with Crippen molar-refractivity contribution in [2.24, 2.45) is 0 Å². The largest absolute Gasteiger partial charge is 0.507 e. The van der Waals surface area contributed by atoms with Gasteiger partial charge in [-0.15, -0.1) is 0 Å². The lowest BCUT2D eigenvalue weighted by Crippen LogP contribution is -2.19. The van der Waals surface area contributed by atoms with Gasteiger partial charge < -0.3 is 29.4 Å². The average molecular weight is 657 g/mol. The van der Waals surface area contributed by atoms with Crippen LogP contribution >= 0.6 is 15.2 Å². The number of aromatic hydroxyl groups is 2. The van der Waals surface area contributed by atoms with Crippen LogP contribution in [0.15, 0.2) is 24.3 Å². The molecule has 0 radical (unpaired) electrons. The summed E-state index contributed by atoms with van der Waals surface area (Å²) in [7, 11) is -9.24. The van der Waals surface area contributed by atoms with Crippen LogP contribution in [0.1, 0.15) is 133 Å². The standard InChI is InChI=1S/C17H27O5P.C15H23O5P/c1-8-22-23(20,21)15(19)11-9-12(16(2,3)4)14(18)13(10-11)17(5,6)7;1-14(2,3)10-7-9(13(17)21(18,19)20)8-11(12(10)16)15(4,5)6/h9-10,18H,8H2,1-7H3,(H,20,21);7-8,16H,1-6H3,(H2,18,19,20). The zero-order chi connectivity index (χ0) is 35.0. The molecular weight excluding hydrogens is 606 g/mol. The summed E-state index contributed by atoms with van der Waals surface area (Å²) in [6, 6.07) is 5.70. The second kappa shape index (κ2) is 13.2. The summed E-state index contributed by atoms with van der Waals surface area (Å²) in [6.45, 7) is 24.1. The van der Waals surface area contributed by atoms with Gasteiger partial charge in [0.15, 0.2) is 0 Å². The van der Waals surface area contributed by atoms with Crippen molar-refractivity contribution in [2.75, 3.05) is 6.61 Å². The third kappa shape index (κ3) is 9.84. The van der Waals surface area contributed by atoms with E-state index in [2.05, 4.69) is 0 Å². The van der Waals surface area contributed by atoms with Crippen molar-refractivity contribution < 1.29 is 48.1 Å². The number of rotatable bonds is 6. The maximum absolute atomic E-state index is 12.4. The highest BCUT2D eigenvalue weighted by Gasteiger charge is 2.35. The molecule has 0 fully saturated rings. The lowest BCUT2D eigenvalue weighted by Gasteiger charge is -2.28. The number of carbonyl (C=O) groups excluding carboxylic acids is 2. The van der Waals surface area contributed by atoms with E-state index >= 15 is 0 Å². The van der Waals surface area contributed by atoms with Crippen LogP contribution in [-0.4, -0.2) is 42.5 Å². The SMILES string of the molecule is CC(C)(C)c1cc(C(=O)P(=O)(O)O)cc(C(C)(C)C)c1O.CCOP(=O)(O)C(=O)c1cc(C(C)(C)C)c(O)c(C(C)(C)C)c1. The zero-order valence-electron chi connectivity index (χ0n) is 28.2. The van der Waals surface area contributed by atoms with Gasteiger partial charge in [0, 0.05) is 33.4 Å². The molecule has 0 aliphatic heterocycles. The van der Waals surface area contributed by atoms with Gasteiger partial charge in [0.1, 0.15) is 11.5 Å². The molecule has 0 aliphatic rings. The molecule has 1 atom stereocenters. The molecule has 0 saturated carbocycles. The summed E-state index contributed by atoms with van der Waals surface area (Å²) in [6.07, 6.45) is 0. The Bertz CT molecular complexity index is 1420. The lowest BCUT2D eigenvalue weighted by molar-refractivity contribution is 0.102. The van der Waals surface area contributed by atoms with Crippen molar-refractivity contribution in [3.8, 4) is 11.5 Å². The molecule has 1 unspecified atom stereocenters. The summed E-state index contributed by atoms with van der Waals surface area (Å²) in [5, 5.41) is 21.1. The monoisotopic (exact) mass is 656 g/mol. The van der Waals surface area contributed by atoms with Gasteiger partial charge in [0.2, 0.25) is 0 Å². The van der Waals surface area contributed by atoms with Crippen LogP contribution in [0.4, 0.5) is 0 Å². The molecule has 0 saturated heterocycles. The van der Waals surface area contributed by atoms with Gasteiger partial charge in [0.25, 0.3) is 11.0 Å². The molecule has 0 aromatic heterocycles. The number of hydrogen-bond donors (Lipinski definition) is 5. The summed E-state index contributed by atoms with van der Waals surface area (Å²) in [5.74, 6) is 0.183. The molecule has 0 aliphatic carbocycles. The van der Waals surface area contributed by atoms with Crippen molar-refractivity contribution in [3.63, 3.8) is 0 Å². The van der Waals surface area contributed by atoms with E-state index in [0.717, 1.165) is 0 Å². The summed E-state index contributed by atoms with van der Waals surface area (Å²) >= 11 is 0. The Balaban J connectivity index is 0.000000442. The first-order valence-electron chi connectivity index (χ1n) is 14.3. The smallest absolute Gasteiger partial charge is 0.399 e. The fourth-order valence-electron chi connectivity index (χ4n) is 4.37. The van der Waals surface area contributed by atoms with Crippen LogP contribution in [0, 0.1) is 0 Å². The van der Waals surface area contributed by atoms with Gasteiger partial charge >= 0.3 is 15.2 Å². The second-order valence-corrected chi connectivity index (χ2v) is 18.1. The van der Waals surface area contributed by atoms with E-state index in [-0.39, 0.29) is 29.2 Å². The van der Waals surface area contributed by atoms with E-state index in [9.17, 15) is 33.8 Å². The molecule has 12 heteroatoms. The molecule has 0 spiro atoms. The minimum atomic E-state index is -4.86.